The van der Waals surface area contributed by atoms with Crippen LogP contribution >= 0.6 is 11.3 Å². The maximum absolute atomic E-state index is 13.0. The molecule has 6 heteroatoms. The molecule has 2 atom stereocenters. The molecule has 1 amide bonds. The van der Waals surface area contributed by atoms with Crippen LogP contribution < -0.4 is 10.2 Å². The van der Waals surface area contributed by atoms with E-state index >= 15 is 0 Å². The summed E-state index contributed by atoms with van der Waals surface area (Å²) in [6, 6.07) is 14.3. The second-order valence-electron chi connectivity index (χ2n) is 6.71. The first-order valence-corrected chi connectivity index (χ1v) is 9.76. The van der Waals surface area contributed by atoms with Crippen LogP contribution in [-0.2, 0) is 4.79 Å². The van der Waals surface area contributed by atoms with Gasteiger partial charge in [0, 0.05) is 12.1 Å². The van der Waals surface area contributed by atoms with Crippen molar-refractivity contribution in [3.8, 4) is 0 Å². The molecule has 0 aliphatic carbocycles. The molecule has 0 bridgehead atoms. The monoisotopic (exact) mass is 370 g/mol. The Bertz CT molecular complexity index is 876. The largest absolute Gasteiger partial charge is 0.321 e. The number of hydrogen-bond donors (Lipinski definition) is 2. The SMILES string of the molecule is O=C(C[NH+]1CCCC[C@H]1c1nc2ccccc2s1)Nc1ccc(F)cc1. The van der Waals surface area contributed by atoms with Crippen molar-refractivity contribution in [1.29, 1.82) is 0 Å². The number of para-hydroxylation sites is 1. The van der Waals surface area contributed by atoms with Crippen LogP contribution in [0.25, 0.3) is 10.2 Å². The molecule has 3 aromatic rings. The van der Waals surface area contributed by atoms with E-state index in [1.807, 2.05) is 18.2 Å². The molecule has 26 heavy (non-hydrogen) atoms. The quantitative estimate of drug-likeness (QED) is 0.741. The maximum Gasteiger partial charge on any atom is 0.279 e. The van der Waals surface area contributed by atoms with Gasteiger partial charge in [0.1, 0.15) is 11.9 Å². The van der Waals surface area contributed by atoms with E-state index in [1.165, 1.54) is 28.2 Å². The van der Waals surface area contributed by atoms with Crippen LogP contribution in [-0.4, -0.2) is 24.0 Å². The van der Waals surface area contributed by atoms with Gasteiger partial charge in [0.15, 0.2) is 11.6 Å². The Morgan fingerprint density at radius 3 is 2.81 bits per heavy atom. The number of quaternary nitrogens is 1. The van der Waals surface area contributed by atoms with Gasteiger partial charge >= 0.3 is 0 Å². The number of carbonyl (C=O) groups excluding carboxylic acids is 1. The van der Waals surface area contributed by atoms with Crippen LogP contribution in [0.15, 0.2) is 48.5 Å². The molecular formula is C20H21FN3OS+. The van der Waals surface area contributed by atoms with Gasteiger partial charge in [-0.1, -0.05) is 12.1 Å². The number of rotatable bonds is 4. The van der Waals surface area contributed by atoms with E-state index in [4.69, 9.17) is 4.98 Å². The summed E-state index contributed by atoms with van der Waals surface area (Å²) >= 11 is 1.73. The normalized spacial score (nSPS) is 20.2. The lowest BCUT2D eigenvalue weighted by Gasteiger charge is -2.30. The lowest BCUT2D eigenvalue weighted by molar-refractivity contribution is -0.929. The van der Waals surface area contributed by atoms with E-state index in [-0.39, 0.29) is 17.8 Å². The second kappa shape index (κ2) is 7.51. The summed E-state index contributed by atoms with van der Waals surface area (Å²) in [7, 11) is 0. The molecule has 4 nitrogen and oxygen atoms in total. The first kappa shape index (κ1) is 17.1. The highest BCUT2D eigenvalue weighted by Gasteiger charge is 2.31. The van der Waals surface area contributed by atoms with Gasteiger partial charge in [-0.05, 0) is 49.2 Å². The molecule has 134 valence electrons. The van der Waals surface area contributed by atoms with Gasteiger partial charge in [-0.2, -0.15) is 0 Å². The van der Waals surface area contributed by atoms with Crippen LogP contribution in [0.4, 0.5) is 10.1 Å². The first-order valence-electron chi connectivity index (χ1n) is 8.94. The molecular weight excluding hydrogens is 349 g/mol. The van der Waals surface area contributed by atoms with Crippen molar-refractivity contribution < 1.29 is 14.1 Å². The van der Waals surface area contributed by atoms with Crippen LogP contribution in [0.1, 0.15) is 30.3 Å². The smallest absolute Gasteiger partial charge is 0.279 e. The Kier molecular flexibility index (Phi) is 4.95. The summed E-state index contributed by atoms with van der Waals surface area (Å²) in [6.45, 7) is 1.37. The number of anilines is 1. The van der Waals surface area contributed by atoms with Gasteiger partial charge in [-0.3, -0.25) is 4.79 Å². The number of carbonyl (C=O) groups is 1. The van der Waals surface area contributed by atoms with Gasteiger partial charge in [-0.25, -0.2) is 9.37 Å². The molecule has 1 saturated heterocycles. The number of amides is 1. The van der Waals surface area contributed by atoms with Crippen molar-refractivity contribution in [2.75, 3.05) is 18.4 Å². The number of halogens is 1. The fraction of sp³-hybridized carbons (Fsp3) is 0.300. The summed E-state index contributed by atoms with van der Waals surface area (Å²) in [4.78, 5) is 18.5. The topological polar surface area (TPSA) is 46.4 Å². The molecule has 0 spiro atoms. The number of hydrogen-bond acceptors (Lipinski definition) is 3. The summed E-state index contributed by atoms with van der Waals surface area (Å²) < 4.78 is 14.2. The number of nitrogens with one attached hydrogen (secondary N) is 2. The summed E-state index contributed by atoms with van der Waals surface area (Å²) in [5, 5.41) is 3.99. The van der Waals surface area contributed by atoms with Crippen molar-refractivity contribution in [2.45, 2.75) is 25.3 Å². The molecule has 1 unspecified atom stereocenters. The zero-order valence-electron chi connectivity index (χ0n) is 14.4. The van der Waals surface area contributed by atoms with Crippen LogP contribution in [0.3, 0.4) is 0 Å². The molecule has 2 heterocycles. The molecule has 1 aromatic heterocycles. The Hall–Kier alpha value is -2.31. The van der Waals surface area contributed by atoms with Crippen LogP contribution in [0.2, 0.25) is 0 Å². The van der Waals surface area contributed by atoms with Crippen molar-refractivity contribution >= 4 is 33.1 Å². The van der Waals surface area contributed by atoms with Crippen LogP contribution in [0, 0.1) is 5.82 Å². The number of aromatic nitrogens is 1. The average molecular weight is 370 g/mol. The lowest BCUT2D eigenvalue weighted by atomic mass is 10.0. The Balaban J connectivity index is 1.48. The van der Waals surface area contributed by atoms with E-state index < -0.39 is 0 Å². The molecule has 1 aliphatic rings. The summed E-state index contributed by atoms with van der Waals surface area (Å²) in [5.74, 6) is -0.347. The maximum atomic E-state index is 13.0. The third kappa shape index (κ3) is 3.76. The van der Waals surface area contributed by atoms with Gasteiger partial charge in [0.2, 0.25) is 0 Å². The number of fused-ring (bicyclic) bond motifs is 1. The predicted molar refractivity (Wildman–Crippen MR) is 102 cm³/mol. The molecule has 1 aliphatic heterocycles. The fourth-order valence-corrected chi connectivity index (χ4v) is 4.73. The molecule has 1 fully saturated rings. The van der Waals surface area contributed by atoms with Gasteiger partial charge in [0.05, 0.1) is 16.8 Å². The highest BCUT2D eigenvalue weighted by molar-refractivity contribution is 7.18. The summed E-state index contributed by atoms with van der Waals surface area (Å²) in [5.41, 5.74) is 1.66. The summed E-state index contributed by atoms with van der Waals surface area (Å²) in [6.07, 6.45) is 3.35. The zero-order chi connectivity index (χ0) is 17.9. The minimum absolute atomic E-state index is 0.0420. The van der Waals surface area contributed by atoms with E-state index in [9.17, 15) is 9.18 Å². The third-order valence-corrected chi connectivity index (χ3v) is 6.01. The van der Waals surface area contributed by atoms with E-state index in [0.29, 0.717) is 12.2 Å². The number of thiazole rings is 1. The third-order valence-electron chi connectivity index (χ3n) is 4.86. The van der Waals surface area contributed by atoms with Crippen molar-refractivity contribution in [2.24, 2.45) is 0 Å². The van der Waals surface area contributed by atoms with E-state index in [2.05, 4.69) is 11.4 Å². The number of nitrogens with zero attached hydrogens (tertiary/aromatic N) is 1. The van der Waals surface area contributed by atoms with Gasteiger partial charge < -0.3 is 10.2 Å². The number of piperidine rings is 1. The number of likely N-dealkylation sites (tertiary alicyclic amines) is 1. The minimum Gasteiger partial charge on any atom is -0.321 e. The highest BCUT2D eigenvalue weighted by Crippen LogP contribution is 2.28. The molecule has 4 rings (SSSR count). The Labute approximate surface area is 155 Å². The average Bonchev–Trinajstić information content (AvgIpc) is 3.08. The standard InChI is InChI=1S/C20H20FN3OS/c21-14-8-10-15(11-9-14)22-19(25)13-24-12-4-3-6-17(24)20-23-16-5-1-2-7-18(16)26-20/h1-2,5,7-11,17H,3-4,6,12-13H2,(H,22,25)/p+1/t17-/m0/s1. The molecule has 2 aromatic carbocycles. The zero-order valence-corrected chi connectivity index (χ0v) is 15.2. The fourth-order valence-electron chi connectivity index (χ4n) is 3.57. The van der Waals surface area contributed by atoms with Crippen molar-refractivity contribution in [3.05, 3.63) is 59.4 Å². The molecule has 2 N–H and O–H groups in total. The van der Waals surface area contributed by atoms with Crippen LogP contribution in [0.5, 0.6) is 0 Å². The first-order chi connectivity index (χ1) is 12.7. The highest BCUT2D eigenvalue weighted by atomic mass is 32.1. The molecule has 0 saturated carbocycles. The van der Waals surface area contributed by atoms with E-state index in [1.54, 1.807) is 23.5 Å². The Morgan fingerprint density at radius 1 is 1.19 bits per heavy atom. The van der Waals surface area contributed by atoms with Gasteiger partial charge in [-0.15, -0.1) is 11.3 Å². The Morgan fingerprint density at radius 2 is 2.00 bits per heavy atom. The van der Waals surface area contributed by atoms with E-state index in [0.717, 1.165) is 29.9 Å². The van der Waals surface area contributed by atoms with Gasteiger partial charge in [0.25, 0.3) is 5.91 Å². The molecule has 0 radical (unpaired) electrons. The minimum atomic E-state index is -0.305. The number of benzene rings is 2. The second-order valence-corrected chi connectivity index (χ2v) is 7.77. The van der Waals surface area contributed by atoms with Crippen molar-refractivity contribution in [3.63, 3.8) is 0 Å². The van der Waals surface area contributed by atoms with Crippen molar-refractivity contribution in [1.82, 2.24) is 4.98 Å². The predicted octanol–water partition coefficient (Wildman–Crippen LogP) is 3.18. The lowest BCUT2D eigenvalue weighted by Crippen LogP contribution is -3.14.